The predicted molar refractivity (Wildman–Crippen MR) is 68.5 cm³/mol. The molecular weight excluding hydrogens is 220 g/mol. The molecule has 0 aliphatic heterocycles. The summed E-state index contributed by atoms with van der Waals surface area (Å²) in [5, 5.41) is 0. The fraction of sp³-hybridized carbons (Fsp3) is 0.333. The standard InChI is InChI=1S/C6H7N.C3H5NO2.C3H8O/c7-6-4-2-1-3-5-6;4-3(1-5)2-6;1-3-4-2/h1-5H,7H2;1-3H,4H2;3H2,1-2H3. The zero-order valence-electron chi connectivity index (χ0n) is 10.2. The van der Waals surface area contributed by atoms with Gasteiger partial charge in [0.1, 0.15) is 18.6 Å². The summed E-state index contributed by atoms with van der Waals surface area (Å²) in [4.78, 5) is 18.8. The monoisotopic (exact) mass is 240 g/mol. The lowest BCUT2D eigenvalue weighted by molar-refractivity contribution is -0.115. The molecular formula is C12H20N2O3. The molecule has 0 unspecified atom stereocenters. The first-order chi connectivity index (χ1) is 8.12. The highest BCUT2D eigenvalue weighted by atomic mass is 16.5. The van der Waals surface area contributed by atoms with E-state index in [-0.39, 0.29) is 0 Å². The fourth-order valence-corrected chi connectivity index (χ4v) is 0.485. The molecule has 5 nitrogen and oxygen atoms in total. The summed E-state index contributed by atoms with van der Waals surface area (Å²) in [6, 6.07) is 8.56. The Morgan fingerprint density at radius 3 is 1.76 bits per heavy atom. The van der Waals surface area contributed by atoms with E-state index in [1.165, 1.54) is 0 Å². The van der Waals surface area contributed by atoms with Crippen LogP contribution >= 0.6 is 0 Å². The highest BCUT2D eigenvalue weighted by molar-refractivity contribution is 5.81. The summed E-state index contributed by atoms with van der Waals surface area (Å²) in [6.45, 7) is 2.78. The van der Waals surface area contributed by atoms with E-state index in [1.54, 1.807) is 7.11 Å². The first-order valence-electron chi connectivity index (χ1n) is 5.07. The summed E-state index contributed by atoms with van der Waals surface area (Å²) in [6.07, 6.45) is 0.764. The van der Waals surface area contributed by atoms with E-state index in [0.717, 1.165) is 12.3 Å². The van der Waals surface area contributed by atoms with Gasteiger partial charge in [0, 0.05) is 19.4 Å². The average Bonchev–Trinajstić information content (AvgIpc) is 2.39. The molecule has 4 N–H and O–H groups in total. The molecule has 17 heavy (non-hydrogen) atoms. The molecule has 1 aromatic rings. The van der Waals surface area contributed by atoms with E-state index in [4.69, 9.17) is 11.5 Å². The molecule has 1 aromatic carbocycles. The maximum absolute atomic E-state index is 9.38. The van der Waals surface area contributed by atoms with E-state index >= 15 is 0 Å². The van der Waals surface area contributed by atoms with Gasteiger partial charge in [-0.15, -0.1) is 0 Å². The van der Waals surface area contributed by atoms with Crippen LogP contribution in [0, 0.1) is 0 Å². The van der Waals surface area contributed by atoms with Crippen molar-refractivity contribution in [3.05, 3.63) is 30.3 Å². The van der Waals surface area contributed by atoms with Crippen molar-refractivity contribution >= 4 is 18.3 Å². The molecule has 0 aliphatic carbocycles. The van der Waals surface area contributed by atoms with Crippen LogP contribution in [0.4, 0.5) is 5.69 Å². The second-order valence-electron chi connectivity index (χ2n) is 2.84. The third kappa shape index (κ3) is 16.9. The zero-order valence-corrected chi connectivity index (χ0v) is 10.2. The van der Waals surface area contributed by atoms with Gasteiger partial charge >= 0.3 is 0 Å². The SMILES string of the molecule is CCOC.NC(C=O)C=O.Nc1ccccc1. The van der Waals surface area contributed by atoms with Gasteiger partial charge in [-0.3, -0.25) is 0 Å². The molecule has 0 spiro atoms. The van der Waals surface area contributed by atoms with Gasteiger partial charge in [0.15, 0.2) is 0 Å². The number of ether oxygens (including phenoxy) is 1. The summed E-state index contributed by atoms with van der Waals surface area (Å²) < 4.78 is 4.54. The normalized spacial score (nSPS) is 8.24. The van der Waals surface area contributed by atoms with Crippen LogP contribution in [0.1, 0.15) is 6.92 Å². The number of hydrogen-bond acceptors (Lipinski definition) is 5. The Morgan fingerprint density at radius 2 is 1.65 bits per heavy atom. The van der Waals surface area contributed by atoms with Crippen molar-refractivity contribution < 1.29 is 14.3 Å². The number of carbonyl (C=O) groups is 2. The quantitative estimate of drug-likeness (QED) is 0.459. The van der Waals surface area contributed by atoms with Crippen LogP contribution in [-0.2, 0) is 14.3 Å². The third-order valence-electron chi connectivity index (χ3n) is 1.40. The summed E-state index contributed by atoms with van der Waals surface area (Å²) in [5.74, 6) is 0. The van der Waals surface area contributed by atoms with Crippen molar-refractivity contribution in [3.63, 3.8) is 0 Å². The van der Waals surface area contributed by atoms with Gasteiger partial charge in [-0.2, -0.15) is 0 Å². The molecule has 0 saturated heterocycles. The third-order valence-corrected chi connectivity index (χ3v) is 1.40. The Labute approximate surface area is 102 Å². The molecule has 0 radical (unpaired) electrons. The lowest BCUT2D eigenvalue weighted by atomic mass is 10.3. The molecule has 5 heteroatoms. The Hall–Kier alpha value is -1.72. The molecule has 0 heterocycles. The molecule has 0 bridgehead atoms. The van der Waals surface area contributed by atoms with Crippen LogP contribution in [0.2, 0.25) is 0 Å². The van der Waals surface area contributed by atoms with Crippen LogP contribution in [0.25, 0.3) is 0 Å². The number of aldehydes is 2. The summed E-state index contributed by atoms with van der Waals surface area (Å²) >= 11 is 0. The molecule has 0 saturated carbocycles. The lowest BCUT2D eigenvalue weighted by Gasteiger charge is -1.83. The van der Waals surface area contributed by atoms with Gasteiger partial charge in [0.05, 0.1) is 0 Å². The van der Waals surface area contributed by atoms with Crippen LogP contribution in [0.15, 0.2) is 30.3 Å². The number of hydrogen-bond donors (Lipinski definition) is 2. The fourth-order valence-electron chi connectivity index (χ4n) is 0.485. The number of anilines is 1. The van der Waals surface area contributed by atoms with Gasteiger partial charge in [0.2, 0.25) is 0 Å². The van der Waals surface area contributed by atoms with Crippen molar-refractivity contribution in [2.75, 3.05) is 19.5 Å². The minimum Gasteiger partial charge on any atom is -0.399 e. The zero-order chi connectivity index (χ0) is 13.5. The maximum Gasteiger partial charge on any atom is 0.143 e. The minimum atomic E-state index is -0.926. The van der Waals surface area contributed by atoms with Crippen molar-refractivity contribution in [2.24, 2.45) is 5.73 Å². The first-order valence-corrected chi connectivity index (χ1v) is 5.07. The van der Waals surface area contributed by atoms with Gasteiger partial charge in [-0.1, -0.05) is 18.2 Å². The van der Waals surface area contributed by atoms with Crippen molar-refractivity contribution in [1.29, 1.82) is 0 Å². The van der Waals surface area contributed by atoms with E-state index in [0.29, 0.717) is 12.6 Å². The second-order valence-corrected chi connectivity index (χ2v) is 2.84. The van der Waals surface area contributed by atoms with Gasteiger partial charge in [-0.25, -0.2) is 0 Å². The Bertz CT molecular complexity index is 268. The molecule has 1 rings (SSSR count). The van der Waals surface area contributed by atoms with Crippen molar-refractivity contribution in [2.45, 2.75) is 13.0 Å². The molecule has 0 atom stereocenters. The number of nitrogens with two attached hydrogens (primary N) is 2. The Morgan fingerprint density at radius 1 is 1.24 bits per heavy atom. The number of carbonyl (C=O) groups excluding carboxylic acids is 2. The number of para-hydroxylation sites is 1. The Kier molecular flexibility index (Phi) is 14.8. The maximum atomic E-state index is 9.38. The first kappa shape index (κ1) is 17.7. The highest BCUT2D eigenvalue weighted by Gasteiger charge is 1.89. The van der Waals surface area contributed by atoms with E-state index in [1.807, 2.05) is 37.3 Å². The Balaban J connectivity index is 0. The largest absolute Gasteiger partial charge is 0.399 e. The van der Waals surface area contributed by atoms with Crippen LogP contribution < -0.4 is 11.5 Å². The van der Waals surface area contributed by atoms with Crippen LogP contribution in [0.3, 0.4) is 0 Å². The molecule has 0 aliphatic rings. The second kappa shape index (κ2) is 14.3. The van der Waals surface area contributed by atoms with E-state index in [9.17, 15) is 9.59 Å². The molecule has 0 amide bonds. The number of benzene rings is 1. The highest BCUT2D eigenvalue weighted by Crippen LogP contribution is 1.95. The number of methoxy groups -OCH3 is 1. The predicted octanol–water partition coefficient (Wildman–Crippen LogP) is 0.633. The van der Waals surface area contributed by atoms with Crippen molar-refractivity contribution in [1.82, 2.24) is 0 Å². The molecule has 0 aromatic heterocycles. The van der Waals surface area contributed by atoms with Gasteiger partial charge in [-0.05, 0) is 19.1 Å². The smallest absolute Gasteiger partial charge is 0.143 e. The summed E-state index contributed by atoms with van der Waals surface area (Å²) in [5.41, 5.74) is 10.9. The topological polar surface area (TPSA) is 95.4 Å². The van der Waals surface area contributed by atoms with Crippen LogP contribution in [0.5, 0.6) is 0 Å². The summed E-state index contributed by atoms with van der Waals surface area (Å²) in [7, 11) is 1.68. The lowest BCUT2D eigenvalue weighted by Crippen LogP contribution is -2.22. The minimum absolute atomic E-state index is 0.382. The van der Waals surface area contributed by atoms with Crippen molar-refractivity contribution in [3.8, 4) is 0 Å². The van der Waals surface area contributed by atoms with Gasteiger partial charge in [0.25, 0.3) is 0 Å². The van der Waals surface area contributed by atoms with E-state index in [2.05, 4.69) is 4.74 Å². The van der Waals surface area contributed by atoms with E-state index < -0.39 is 6.04 Å². The van der Waals surface area contributed by atoms with Crippen LogP contribution in [-0.4, -0.2) is 32.3 Å². The molecule has 0 fully saturated rings. The molecule has 96 valence electrons. The number of rotatable bonds is 3. The van der Waals surface area contributed by atoms with Gasteiger partial charge < -0.3 is 25.8 Å². The number of nitrogen functional groups attached to an aromatic ring is 1. The average molecular weight is 240 g/mol.